The van der Waals surface area contributed by atoms with Crippen LogP contribution in [0, 0.1) is 5.82 Å². The zero-order chi connectivity index (χ0) is 22.0. The monoisotopic (exact) mass is 420 g/mol. The van der Waals surface area contributed by atoms with Crippen molar-refractivity contribution in [3.05, 3.63) is 78.0 Å². The molecule has 8 nitrogen and oxygen atoms in total. The van der Waals surface area contributed by atoms with Gasteiger partial charge in [-0.2, -0.15) is 4.98 Å². The lowest BCUT2D eigenvalue weighted by atomic mass is 10.1. The molecule has 0 aliphatic rings. The zero-order valence-corrected chi connectivity index (χ0v) is 17.3. The van der Waals surface area contributed by atoms with Gasteiger partial charge in [-0.3, -0.25) is 9.36 Å². The van der Waals surface area contributed by atoms with Gasteiger partial charge >= 0.3 is 0 Å². The van der Waals surface area contributed by atoms with E-state index in [0.29, 0.717) is 23.1 Å². The number of amides is 1. The highest BCUT2D eigenvalue weighted by Gasteiger charge is 2.16. The summed E-state index contributed by atoms with van der Waals surface area (Å²) in [7, 11) is 0. The van der Waals surface area contributed by atoms with E-state index in [1.807, 2.05) is 20.8 Å². The molecule has 9 heteroatoms. The number of rotatable bonds is 6. The van der Waals surface area contributed by atoms with Crippen LogP contribution in [0.3, 0.4) is 0 Å². The number of aromatic nitrogens is 5. The zero-order valence-electron chi connectivity index (χ0n) is 17.3. The molecule has 3 aromatic heterocycles. The number of benzene rings is 1. The fourth-order valence-electron chi connectivity index (χ4n) is 2.95. The van der Waals surface area contributed by atoms with E-state index < -0.39 is 0 Å². The van der Waals surface area contributed by atoms with E-state index in [-0.39, 0.29) is 29.4 Å². The summed E-state index contributed by atoms with van der Waals surface area (Å²) >= 11 is 0. The molecule has 0 bridgehead atoms. The summed E-state index contributed by atoms with van der Waals surface area (Å²) in [4.78, 5) is 25.5. The van der Waals surface area contributed by atoms with Gasteiger partial charge < -0.3 is 9.84 Å². The summed E-state index contributed by atoms with van der Waals surface area (Å²) in [6.07, 6.45) is 4.73. The molecule has 1 aromatic carbocycles. The first-order valence-corrected chi connectivity index (χ1v) is 9.81. The molecule has 3 heterocycles. The topological polar surface area (TPSA) is 98.7 Å². The molecule has 158 valence electrons. The number of halogens is 1. The maximum absolute atomic E-state index is 13.1. The van der Waals surface area contributed by atoms with Gasteiger partial charge in [-0.15, -0.1) is 0 Å². The van der Waals surface area contributed by atoms with Crippen LogP contribution in [-0.4, -0.2) is 30.6 Å². The normalized spacial score (nSPS) is 12.2. The van der Waals surface area contributed by atoms with Gasteiger partial charge in [-0.1, -0.05) is 31.1 Å². The van der Waals surface area contributed by atoms with Crippen molar-refractivity contribution in [2.24, 2.45) is 0 Å². The van der Waals surface area contributed by atoms with E-state index >= 15 is 0 Å². The van der Waals surface area contributed by atoms with E-state index in [1.165, 1.54) is 18.5 Å². The highest BCUT2D eigenvalue weighted by Crippen LogP contribution is 2.21. The Balaban J connectivity index is 1.50. The predicted molar refractivity (Wildman–Crippen MR) is 111 cm³/mol. The number of carbonyl (C=O) groups excluding carboxylic acids is 1. The van der Waals surface area contributed by atoms with Crippen LogP contribution in [0.4, 0.5) is 4.39 Å². The van der Waals surface area contributed by atoms with Gasteiger partial charge in [0.05, 0.1) is 6.04 Å². The van der Waals surface area contributed by atoms with E-state index in [0.717, 1.165) is 5.56 Å². The van der Waals surface area contributed by atoms with Gasteiger partial charge in [0, 0.05) is 23.9 Å². The third-order valence-electron chi connectivity index (χ3n) is 4.75. The van der Waals surface area contributed by atoms with Crippen molar-refractivity contribution in [3.63, 3.8) is 0 Å². The van der Waals surface area contributed by atoms with Gasteiger partial charge in [-0.05, 0) is 36.8 Å². The van der Waals surface area contributed by atoms with Crippen molar-refractivity contribution in [1.29, 1.82) is 0 Å². The van der Waals surface area contributed by atoms with Crippen molar-refractivity contribution < 1.29 is 13.7 Å². The van der Waals surface area contributed by atoms with Gasteiger partial charge in [-0.25, -0.2) is 14.4 Å². The van der Waals surface area contributed by atoms with E-state index in [4.69, 9.17) is 4.52 Å². The number of imidazole rings is 1. The second-order valence-electron chi connectivity index (χ2n) is 7.43. The molecular formula is C22H21FN6O2. The lowest BCUT2D eigenvalue weighted by molar-refractivity contribution is 0.0935. The van der Waals surface area contributed by atoms with Crippen molar-refractivity contribution in [3.8, 4) is 17.3 Å². The number of pyridine rings is 1. The van der Waals surface area contributed by atoms with Crippen molar-refractivity contribution in [1.82, 2.24) is 30.0 Å². The Morgan fingerprint density at radius 2 is 1.90 bits per heavy atom. The van der Waals surface area contributed by atoms with Crippen LogP contribution in [-0.2, 0) is 0 Å². The van der Waals surface area contributed by atoms with Crippen LogP contribution in [0.2, 0.25) is 0 Å². The fourth-order valence-corrected chi connectivity index (χ4v) is 2.95. The second kappa shape index (κ2) is 8.47. The smallest absolute Gasteiger partial charge is 0.271 e. The first-order chi connectivity index (χ1) is 14.9. The van der Waals surface area contributed by atoms with E-state index in [2.05, 4.69) is 25.4 Å². The summed E-state index contributed by atoms with van der Waals surface area (Å²) in [6, 6.07) is 9.25. The SMILES string of the molecule is CC(C)c1noc(-c2ccnc(-n3cnc(C(=O)NC(C)c4ccc(F)cc4)c3)c2)n1. The molecule has 31 heavy (non-hydrogen) atoms. The molecule has 0 aliphatic carbocycles. The molecule has 4 aromatic rings. The summed E-state index contributed by atoms with van der Waals surface area (Å²) in [5.74, 6) is 1.08. The predicted octanol–water partition coefficient (Wildman–Crippen LogP) is 4.07. The van der Waals surface area contributed by atoms with Crippen molar-refractivity contribution >= 4 is 5.91 Å². The molecule has 1 N–H and O–H groups in total. The largest absolute Gasteiger partial charge is 0.344 e. The number of carbonyl (C=O) groups is 1. The molecule has 4 rings (SSSR count). The number of hydrogen-bond donors (Lipinski definition) is 1. The summed E-state index contributed by atoms with van der Waals surface area (Å²) in [5.41, 5.74) is 1.75. The van der Waals surface area contributed by atoms with Gasteiger partial charge in [0.2, 0.25) is 0 Å². The van der Waals surface area contributed by atoms with Crippen LogP contribution in [0.15, 0.2) is 59.6 Å². The Morgan fingerprint density at radius 3 is 2.61 bits per heavy atom. The Morgan fingerprint density at radius 1 is 1.13 bits per heavy atom. The highest BCUT2D eigenvalue weighted by atomic mass is 19.1. The number of nitrogens with one attached hydrogen (secondary N) is 1. The fraction of sp³-hybridized carbons (Fsp3) is 0.227. The van der Waals surface area contributed by atoms with Crippen molar-refractivity contribution in [2.45, 2.75) is 32.7 Å². The lowest BCUT2D eigenvalue weighted by Gasteiger charge is -2.13. The average molecular weight is 420 g/mol. The third-order valence-corrected chi connectivity index (χ3v) is 4.75. The Bertz CT molecular complexity index is 1200. The van der Waals surface area contributed by atoms with Crippen LogP contribution in [0.1, 0.15) is 54.6 Å². The van der Waals surface area contributed by atoms with E-state index in [9.17, 15) is 9.18 Å². The molecule has 0 radical (unpaired) electrons. The van der Waals surface area contributed by atoms with Gasteiger partial charge in [0.1, 0.15) is 23.7 Å². The minimum absolute atomic E-state index is 0.158. The molecular weight excluding hydrogens is 399 g/mol. The maximum atomic E-state index is 13.1. The molecule has 1 atom stereocenters. The highest BCUT2D eigenvalue weighted by molar-refractivity contribution is 5.92. The second-order valence-corrected chi connectivity index (χ2v) is 7.43. The van der Waals surface area contributed by atoms with Crippen LogP contribution in [0.5, 0.6) is 0 Å². The first-order valence-electron chi connectivity index (χ1n) is 9.81. The standard InChI is InChI=1S/C22H21FN6O2/c1-13(2)20-27-22(31-28-20)16-8-9-24-19(10-16)29-11-18(25-12-29)21(30)26-14(3)15-4-6-17(23)7-5-15/h4-14H,1-3H3,(H,26,30). The summed E-state index contributed by atoms with van der Waals surface area (Å²) in [5, 5.41) is 6.84. The third kappa shape index (κ3) is 4.50. The Kier molecular flexibility index (Phi) is 5.57. The minimum Gasteiger partial charge on any atom is -0.344 e. The summed E-state index contributed by atoms with van der Waals surface area (Å²) in [6.45, 7) is 5.80. The lowest BCUT2D eigenvalue weighted by Crippen LogP contribution is -2.26. The molecule has 0 fully saturated rings. The Labute approximate surface area is 178 Å². The average Bonchev–Trinajstić information content (AvgIpc) is 3.45. The van der Waals surface area contributed by atoms with Gasteiger partial charge in [0.25, 0.3) is 11.8 Å². The van der Waals surface area contributed by atoms with Crippen LogP contribution >= 0.6 is 0 Å². The van der Waals surface area contributed by atoms with Crippen molar-refractivity contribution in [2.75, 3.05) is 0 Å². The Hall–Kier alpha value is -3.88. The molecule has 0 saturated heterocycles. The molecule has 0 saturated carbocycles. The van der Waals surface area contributed by atoms with E-state index in [1.54, 1.807) is 41.2 Å². The molecule has 0 spiro atoms. The van der Waals surface area contributed by atoms with Crippen LogP contribution < -0.4 is 5.32 Å². The molecule has 1 unspecified atom stereocenters. The molecule has 0 aliphatic heterocycles. The number of hydrogen-bond acceptors (Lipinski definition) is 6. The van der Waals surface area contributed by atoms with Crippen LogP contribution in [0.25, 0.3) is 17.3 Å². The first kappa shape index (κ1) is 20.4. The molecule has 1 amide bonds. The van der Waals surface area contributed by atoms with Gasteiger partial charge in [0.15, 0.2) is 5.82 Å². The number of nitrogens with zero attached hydrogens (tertiary/aromatic N) is 5. The summed E-state index contributed by atoms with van der Waals surface area (Å²) < 4.78 is 20.1. The quantitative estimate of drug-likeness (QED) is 0.505. The minimum atomic E-state index is -0.342. The maximum Gasteiger partial charge on any atom is 0.271 e.